The standard InChI is InChI=1S/C20H18ClNO2S/c1-13(2)25-18-17(15-6-4-3-5-7-15)19(23)22(20(18)24)12-14-8-10-16(21)11-9-14/h3-11,13H,12H2,1-2H3. The third-order valence-electron chi connectivity index (χ3n) is 3.80. The second-order valence-corrected chi connectivity index (χ2v) is 8.08. The Balaban J connectivity index is 1.96. The summed E-state index contributed by atoms with van der Waals surface area (Å²) in [6.45, 7) is 4.27. The summed E-state index contributed by atoms with van der Waals surface area (Å²) in [7, 11) is 0. The molecule has 1 aliphatic rings. The zero-order chi connectivity index (χ0) is 18.0. The molecule has 0 radical (unpaired) electrons. The van der Waals surface area contributed by atoms with Crippen molar-refractivity contribution in [2.24, 2.45) is 0 Å². The first kappa shape index (κ1) is 17.8. The maximum Gasteiger partial charge on any atom is 0.268 e. The summed E-state index contributed by atoms with van der Waals surface area (Å²) in [6.07, 6.45) is 0. The third kappa shape index (κ3) is 3.80. The molecule has 128 valence electrons. The number of carbonyl (C=O) groups excluding carboxylic acids is 2. The lowest BCUT2D eigenvalue weighted by Crippen LogP contribution is -2.31. The molecule has 25 heavy (non-hydrogen) atoms. The van der Waals surface area contributed by atoms with E-state index >= 15 is 0 Å². The Morgan fingerprint density at radius 1 is 0.960 bits per heavy atom. The first-order valence-electron chi connectivity index (χ1n) is 8.04. The van der Waals surface area contributed by atoms with Crippen LogP contribution < -0.4 is 0 Å². The van der Waals surface area contributed by atoms with Gasteiger partial charge in [-0.05, 0) is 23.3 Å². The molecule has 0 aromatic heterocycles. The predicted molar refractivity (Wildman–Crippen MR) is 103 cm³/mol. The van der Waals surface area contributed by atoms with E-state index in [4.69, 9.17) is 11.6 Å². The Morgan fingerprint density at radius 2 is 1.60 bits per heavy atom. The van der Waals surface area contributed by atoms with Crippen LogP contribution in [0.5, 0.6) is 0 Å². The van der Waals surface area contributed by atoms with E-state index in [9.17, 15) is 9.59 Å². The van der Waals surface area contributed by atoms with Gasteiger partial charge in [0, 0.05) is 10.3 Å². The van der Waals surface area contributed by atoms with Gasteiger partial charge in [0.05, 0.1) is 17.0 Å². The highest BCUT2D eigenvalue weighted by Crippen LogP contribution is 2.38. The molecule has 0 spiro atoms. The SMILES string of the molecule is CC(C)SC1=C(c2ccccc2)C(=O)N(Cc2ccc(Cl)cc2)C1=O. The van der Waals surface area contributed by atoms with Crippen LogP contribution in [0, 0.1) is 0 Å². The average molecular weight is 372 g/mol. The Morgan fingerprint density at radius 3 is 2.20 bits per heavy atom. The van der Waals surface area contributed by atoms with E-state index in [1.165, 1.54) is 16.7 Å². The number of benzene rings is 2. The lowest BCUT2D eigenvalue weighted by atomic mass is 10.1. The van der Waals surface area contributed by atoms with E-state index in [1.807, 2.05) is 56.3 Å². The van der Waals surface area contributed by atoms with Gasteiger partial charge in [-0.3, -0.25) is 14.5 Å². The molecule has 3 rings (SSSR count). The highest BCUT2D eigenvalue weighted by molar-refractivity contribution is 8.04. The van der Waals surface area contributed by atoms with Gasteiger partial charge < -0.3 is 0 Å². The van der Waals surface area contributed by atoms with Crippen molar-refractivity contribution in [2.45, 2.75) is 25.6 Å². The molecular formula is C20H18ClNO2S. The molecule has 0 fully saturated rings. The first-order chi connectivity index (χ1) is 12.0. The van der Waals surface area contributed by atoms with Crippen molar-refractivity contribution in [1.29, 1.82) is 0 Å². The summed E-state index contributed by atoms with van der Waals surface area (Å²) in [4.78, 5) is 27.7. The van der Waals surface area contributed by atoms with Crippen molar-refractivity contribution < 1.29 is 9.59 Å². The molecular weight excluding hydrogens is 354 g/mol. The van der Waals surface area contributed by atoms with Gasteiger partial charge in [0.2, 0.25) is 0 Å². The lowest BCUT2D eigenvalue weighted by Gasteiger charge is -2.15. The second kappa shape index (κ2) is 7.46. The van der Waals surface area contributed by atoms with Crippen LogP contribution in [0.2, 0.25) is 5.02 Å². The van der Waals surface area contributed by atoms with Crippen molar-refractivity contribution in [2.75, 3.05) is 0 Å². The molecule has 2 aromatic carbocycles. The van der Waals surface area contributed by atoms with Gasteiger partial charge in [0.25, 0.3) is 11.8 Å². The topological polar surface area (TPSA) is 37.4 Å². The van der Waals surface area contributed by atoms with E-state index < -0.39 is 0 Å². The van der Waals surface area contributed by atoms with Crippen molar-refractivity contribution in [3.8, 4) is 0 Å². The van der Waals surface area contributed by atoms with Crippen molar-refractivity contribution in [1.82, 2.24) is 4.90 Å². The molecule has 0 unspecified atom stereocenters. The minimum absolute atomic E-state index is 0.209. The van der Waals surface area contributed by atoms with Gasteiger partial charge in [-0.25, -0.2) is 0 Å². The van der Waals surface area contributed by atoms with E-state index in [0.717, 1.165) is 11.1 Å². The number of imide groups is 1. The van der Waals surface area contributed by atoms with Crippen LogP contribution in [0.3, 0.4) is 0 Å². The molecule has 0 N–H and O–H groups in total. The second-order valence-electron chi connectivity index (χ2n) is 6.06. The summed E-state index contributed by atoms with van der Waals surface area (Å²) >= 11 is 7.35. The first-order valence-corrected chi connectivity index (χ1v) is 9.30. The Hall–Kier alpha value is -2.04. The zero-order valence-corrected chi connectivity index (χ0v) is 15.6. The van der Waals surface area contributed by atoms with Crippen LogP contribution in [0.4, 0.5) is 0 Å². The maximum atomic E-state index is 13.0. The maximum absolute atomic E-state index is 13.0. The fourth-order valence-corrected chi connectivity index (χ4v) is 3.81. The summed E-state index contributed by atoms with van der Waals surface area (Å²) in [5.74, 6) is -0.466. The number of nitrogens with zero attached hydrogens (tertiary/aromatic N) is 1. The van der Waals surface area contributed by atoms with Crippen LogP contribution in [-0.4, -0.2) is 22.0 Å². The number of hydrogen-bond acceptors (Lipinski definition) is 3. The number of halogens is 1. The van der Waals surface area contributed by atoms with E-state index in [1.54, 1.807) is 12.1 Å². The number of hydrogen-bond donors (Lipinski definition) is 0. The molecule has 0 saturated carbocycles. The molecule has 5 heteroatoms. The quantitative estimate of drug-likeness (QED) is 0.711. The van der Waals surface area contributed by atoms with Gasteiger partial charge >= 0.3 is 0 Å². The molecule has 1 aliphatic heterocycles. The van der Waals surface area contributed by atoms with Crippen molar-refractivity contribution in [3.63, 3.8) is 0 Å². The molecule has 0 saturated heterocycles. The van der Waals surface area contributed by atoms with Crippen LogP contribution in [0.15, 0.2) is 59.5 Å². The smallest absolute Gasteiger partial charge is 0.268 e. The van der Waals surface area contributed by atoms with E-state index in [0.29, 0.717) is 15.5 Å². The third-order valence-corrected chi connectivity index (χ3v) is 5.13. The normalized spacial score (nSPS) is 14.8. The van der Waals surface area contributed by atoms with Crippen molar-refractivity contribution >= 4 is 40.8 Å². The molecule has 2 aromatic rings. The fraction of sp³-hybridized carbons (Fsp3) is 0.200. The zero-order valence-electron chi connectivity index (χ0n) is 14.0. The summed E-state index contributed by atoms with van der Waals surface area (Å²) in [6, 6.07) is 16.6. The van der Waals surface area contributed by atoms with Crippen LogP contribution in [0.25, 0.3) is 5.57 Å². The lowest BCUT2D eigenvalue weighted by molar-refractivity contribution is -0.137. The number of rotatable bonds is 5. The summed E-state index contributed by atoms with van der Waals surface area (Å²) in [5.41, 5.74) is 2.15. The minimum Gasteiger partial charge on any atom is -0.269 e. The van der Waals surface area contributed by atoms with Gasteiger partial charge in [0.15, 0.2) is 0 Å². The van der Waals surface area contributed by atoms with Crippen LogP contribution in [0.1, 0.15) is 25.0 Å². The monoisotopic (exact) mass is 371 g/mol. The molecule has 0 bridgehead atoms. The van der Waals surface area contributed by atoms with Crippen LogP contribution in [-0.2, 0) is 16.1 Å². The van der Waals surface area contributed by atoms with E-state index in [-0.39, 0.29) is 23.6 Å². The number of thioether (sulfide) groups is 1. The summed E-state index contributed by atoms with van der Waals surface area (Å²) in [5, 5.41) is 0.836. The van der Waals surface area contributed by atoms with Gasteiger partial charge in [-0.1, -0.05) is 67.9 Å². The largest absolute Gasteiger partial charge is 0.269 e. The summed E-state index contributed by atoms with van der Waals surface area (Å²) < 4.78 is 0. The fourth-order valence-electron chi connectivity index (χ4n) is 2.67. The molecule has 1 heterocycles. The highest BCUT2D eigenvalue weighted by atomic mass is 35.5. The molecule has 2 amide bonds. The molecule has 0 atom stereocenters. The number of carbonyl (C=O) groups is 2. The highest BCUT2D eigenvalue weighted by Gasteiger charge is 2.39. The molecule has 3 nitrogen and oxygen atoms in total. The van der Waals surface area contributed by atoms with Gasteiger partial charge in [-0.2, -0.15) is 0 Å². The Bertz CT molecular complexity index is 829. The average Bonchev–Trinajstić information content (AvgIpc) is 2.81. The Kier molecular flexibility index (Phi) is 5.30. The van der Waals surface area contributed by atoms with Crippen molar-refractivity contribution in [3.05, 3.63) is 75.7 Å². The predicted octanol–water partition coefficient (Wildman–Crippen LogP) is 4.76. The van der Waals surface area contributed by atoms with Gasteiger partial charge in [0.1, 0.15) is 0 Å². The minimum atomic E-state index is -0.241. The van der Waals surface area contributed by atoms with Crippen LogP contribution >= 0.6 is 23.4 Å². The van der Waals surface area contributed by atoms with E-state index in [2.05, 4.69) is 0 Å². The number of amides is 2. The molecule has 0 aliphatic carbocycles. The Labute approximate surface area is 156 Å². The van der Waals surface area contributed by atoms with Gasteiger partial charge in [-0.15, -0.1) is 11.8 Å².